The molecule has 4 rings (SSSR count). The lowest BCUT2D eigenvalue weighted by atomic mass is 10.1. The van der Waals surface area contributed by atoms with Crippen LogP contribution in [0.1, 0.15) is 15.9 Å². The minimum atomic E-state index is -0.388. The molecule has 1 N–H and O–H groups in total. The summed E-state index contributed by atoms with van der Waals surface area (Å²) in [6, 6.07) is 19.5. The Kier molecular flexibility index (Phi) is 6.34. The van der Waals surface area contributed by atoms with Crippen molar-refractivity contribution in [2.75, 3.05) is 17.3 Å². The molecule has 1 aliphatic rings. The molecule has 0 unspecified atom stereocenters. The zero-order valence-corrected chi connectivity index (χ0v) is 18.5. The van der Waals surface area contributed by atoms with Crippen LogP contribution in [0.15, 0.2) is 77.7 Å². The van der Waals surface area contributed by atoms with Crippen LogP contribution in [0.3, 0.4) is 0 Å². The van der Waals surface area contributed by atoms with Crippen molar-refractivity contribution in [2.24, 2.45) is 0 Å². The second-order valence-electron chi connectivity index (χ2n) is 6.81. The molecule has 5 nitrogen and oxygen atoms in total. The van der Waals surface area contributed by atoms with Crippen molar-refractivity contribution in [3.63, 3.8) is 0 Å². The van der Waals surface area contributed by atoms with Crippen LogP contribution in [0.25, 0.3) is 6.08 Å². The van der Waals surface area contributed by atoms with Crippen LogP contribution < -0.4 is 15.0 Å². The van der Waals surface area contributed by atoms with Gasteiger partial charge in [-0.3, -0.25) is 14.5 Å². The number of anilines is 2. The number of nitrogens with one attached hydrogen (secondary N) is 1. The Labute approximate surface area is 193 Å². The van der Waals surface area contributed by atoms with Crippen molar-refractivity contribution >= 4 is 57.6 Å². The molecular weight excluding hydrogens is 447 g/mol. The van der Waals surface area contributed by atoms with Crippen LogP contribution in [0.5, 0.6) is 5.75 Å². The maximum absolute atomic E-state index is 13.1. The second kappa shape index (κ2) is 9.33. The predicted octanol–water partition coefficient (Wildman–Crippen LogP) is 5.49. The van der Waals surface area contributed by atoms with Gasteiger partial charge in [0, 0.05) is 11.3 Å². The van der Waals surface area contributed by atoms with Crippen molar-refractivity contribution in [3.05, 3.63) is 94.6 Å². The van der Waals surface area contributed by atoms with Gasteiger partial charge in [0.2, 0.25) is 0 Å². The molecule has 1 saturated heterocycles. The summed E-state index contributed by atoms with van der Waals surface area (Å²) in [5.41, 5.74) is 2.12. The van der Waals surface area contributed by atoms with Gasteiger partial charge < -0.3 is 10.1 Å². The van der Waals surface area contributed by atoms with Crippen LogP contribution in [-0.4, -0.2) is 23.2 Å². The summed E-state index contributed by atoms with van der Waals surface area (Å²) in [5, 5.41) is 2.71. The lowest BCUT2D eigenvalue weighted by molar-refractivity contribution is -0.113. The molecule has 160 valence electrons. The molecule has 0 bridgehead atoms. The third-order valence-corrected chi connectivity index (χ3v) is 5.96. The van der Waals surface area contributed by atoms with E-state index in [1.54, 1.807) is 37.5 Å². The van der Waals surface area contributed by atoms with Gasteiger partial charge in [-0.1, -0.05) is 42.2 Å². The van der Waals surface area contributed by atoms with Crippen LogP contribution >= 0.6 is 24.0 Å². The van der Waals surface area contributed by atoms with Crippen LogP contribution in [-0.2, 0) is 4.79 Å². The molecule has 0 aliphatic carbocycles. The molecule has 32 heavy (non-hydrogen) atoms. The number of benzene rings is 3. The number of nitrogens with zero attached hydrogens (tertiary/aromatic N) is 1. The van der Waals surface area contributed by atoms with Crippen molar-refractivity contribution in [2.45, 2.75) is 0 Å². The molecule has 0 radical (unpaired) electrons. The lowest BCUT2D eigenvalue weighted by Crippen LogP contribution is -2.27. The molecule has 3 aromatic carbocycles. The number of ether oxygens (including phenoxy) is 1. The zero-order valence-electron chi connectivity index (χ0n) is 16.9. The highest BCUT2D eigenvalue weighted by molar-refractivity contribution is 8.27. The smallest absolute Gasteiger partial charge is 0.270 e. The molecule has 1 fully saturated rings. The first kappa shape index (κ1) is 21.7. The van der Waals surface area contributed by atoms with E-state index in [0.29, 0.717) is 31.9 Å². The van der Waals surface area contributed by atoms with Crippen molar-refractivity contribution in [1.29, 1.82) is 0 Å². The number of thioether (sulfide) groups is 1. The molecule has 2 amide bonds. The quantitative estimate of drug-likeness (QED) is 0.400. The molecular formula is C24H17FN2O3S2. The summed E-state index contributed by atoms with van der Waals surface area (Å²) >= 11 is 6.63. The fraction of sp³-hybridized carbons (Fsp3) is 0.0417. The summed E-state index contributed by atoms with van der Waals surface area (Å²) in [6.45, 7) is 0. The standard InChI is InChI=1S/C24H17FN2O3S2/c1-30-20-7-2-4-15(12-20)13-21-23(29)27(24(31)32-21)19-6-3-5-16(14-19)22(28)26-18-10-8-17(25)9-11-18/h2-14H,1H3,(H,26,28)/b21-13+. The van der Waals surface area contributed by atoms with Crippen molar-refractivity contribution < 1.29 is 18.7 Å². The van der Waals surface area contributed by atoms with E-state index in [0.717, 1.165) is 5.56 Å². The first-order valence-corrected chi connectivity index (χ1v) is 10.8. The van der Waals surface area contributed by atoms with Gasteiger partial charge in [-0.2, -0.15) is 0 Å². The monoisotopic (exact) mass is 464 g/mol. The Morgan fingerprint density at radius 3 is 2.59 bits per heavy atom. The molecule has 8 heteroatoms. The summed E-state index contributed by atoms with van der Waals surface area (Å²) in [5.74, 6) is -0.342. The average Bonchev–Trinajstić information content (AvgIpc) is 3.08. The summed E-state index contributed by atoms with van der Waals surface area (Å²) in [7, 11) is 1.58. The molecule has 0 spiro atoms. The Morgan fingerprint density at radius 1 is 1.09 bits per heavy atom. The number of amides is 2. The Bertz CT molecular complexity index is 1240. The molecule has 1 heterocycles. The van der Waals surface area contributed by atoms with Crippen LogP contribution in [0.4, 0.5) is 15.8 Å². The number of methoxy groups -OCH3 is 1. The molecule has 1 aliphatic heterocycles. The summed E-state index contributed by atoms with van der Waals surface area (Å²) in [6.07, 6.45) is 1.76. The van der Waals surface area contributed by atoms with E-state index in [-0.39, 0.29) is 17.6 Å². The SMILES string of the molecule is COc1cccc(/C=C2/SC(=S)N(c3cccc(C(=O)Nc4ccc(F)cc4)c3)C2=O)c1. The number of carbonyl (C=O) groups is 2. The number of thiocarbonyl (C=S) groups is 1. The number of hydrogen-bond acceptors (Lipinski definition) is 5. The molecule has 3 aromatic rings. The minimum absolute atomic E-state index is 0.265. The van der Waals surface area contributed by atoms with Gasteiger partial charge in [-0.15, -0.1) is 0 Å². The maximum atomic E-state index is 13.1. The highest BCUT2D eigenvalue weighted by Crippen LogP contribution is 2.36. The third-order valence-electron chi connectivity index (χ3n) is 4.65. The number of halogens is 1. The fourth-order valence-electron chi connectivity index (χ4n) is 3.10. The molecule has 0 atom stereocenters. The van der Waals surface area contributed by atoms with Crippen molar-refractivity contribution in [1.82, 2.24) is 0 Å². The number of rotatable bonds is 5. The van der Waals surface area contributed by atoms with E-state index in [9.17, 15) is 14.0 Å². The Morgan fingerprint density at radius 2 is 1.84 bits per heavy atom. The molecule has 0 saturated carbocycles. The minimum Gasteiger partial charge on any atom is -0.497 e. The predicted molar refractivity (Wildman–Crippen MR) is 129 cm³/mol. The highest BCUT2D eigenvalue weighted by Gasteiger charge is 2.33. The first-order chi connectivity index (χ1) is 15.4. The number of carbonyl (C=O) groups excluding carboxylic acids is 2. The van der Waals surface area contributed by atoms with E-state index in [2.05, 4.69) is 5.32 Å². The van der Waals surface area contributed by atoms with Gasteiger partial charge >= 0.3 is 0 Å². The van der Waals surface area contributed by atoms with E-state index in [4.69, 9.17) is 17.0 Å². The van der Waals surface area contributed by atoms with E-state index >= 15 is 0 Å². The van der Waals surface area contributed by atoms with E-state index in [1.165, 1.54) is 40.9 Å². The number of hydrogen-bond donors (Lipinski definition) is 1. The van der Waals surface area contributed by atoms with Gasteiger partial charge in [-0.05, 0) is 66.2 Å². The first-order valence-electron chi connectivity index (χ1n) is 9.53. The van der Waals surface area contributed by atoms with E-state index in [1.807, 2.05) is 24.3 Å². The second-order valence-corrected chi connectivity index (χ2v) is 8.48. The topological polar surface area (TPSA) is 58.6 Å². The lowest BCUT2D eigenvalue weighted by Gasteiger charge is -2.15. The zero-order chi connectivity index (χ0) is 22.7. The average molecular weight is 465 g/mol. The Hall–Kier alpha value is -3.49. The normalized spacial score (nSPS) is 14.7. The van der Waals surface area contributed by atoms with Crippen molar-refractivity contribution in [3.8, 4) is 5.75 Å². The highest BCUT2D eigenvalue weighted by atomic mass is 32.2. The maximum Gasteiger partial charge on any atom is 0.270 e. The van der Waals surface area contributed by atoms with Crippen LogP contribution in [0.2, 0.25) is 0 Å². The van der Waals surface area contributed by atoms with Gasteiger partial charge in [-0.25, -0.2) is 4.39 Å². The third kappa shape index (κ3) is 4.71. The van der Waals surface area contributed by atoms with Gasteiger partial charge in [0.25, 0.3) is 11.8 Å². The fourth-order valence-corrected chi connectivity index (χ4v) is 4.39. The van der Waals surface area contributed by atoms with Gasteiger partial charge in [0.05, 0.1) is 17.7 Å². The van der Waals surface area contributed by atoms with E-state index < -0.39 is 0 Å². The molecule has 0 aromatic heterocycles. The Balaban J connectivity index is 1.56. The van der Waals surface area contributed by atoms with Crippen LogP contribution in [0, 0.1) is 5.82 Å². The summed E-state index contributed by atoms with van der Waals surface area (Å²) < 4.78 is 18.7. The summed E-state index contributed by atoms with van der Waals surface area (Å²) in [4.78, 5) is 27.6. The van der Waals surface area contributed by atoms with Gasteiger partial charge in [0.1, 0.15) is 11.6 Å². The van der Waals surface area contributed by atoms with Gasteiger partial charge in [0.15, 0.2) is 4.32 Å². The largest absolute Gasteiger partial charge is 0.497 e.